The van der Waals surface area contributed by atoms with Gasteiger partial charge in [-0.05, 0) is 182 Å². The zero-order chi connectivity index (χ0) is 90.9. The van der Waals surface area contributed by atoms with Gasteiger partial charge in [0.15, 0.2) is 0 Å². The molecule has 21 aromatic rings. The van der Waals surface area contributed by atoms with Crippen LogP contribution in [-0.2, 0) is 86.4 Å². The summed E-state index contributed by atoms with van der Waals surface area (Å²) in [6.45, 7) is 31.3. The first-order valence-corrected chi connectivity index (χ1v) is 45.3. The minimum absolute atomic E-state index is 0. The van der Waals surface area contributed by atoms with Gasteiger partial charge in [-0.15, -0.1) is 161 Å². The molecule has 9 nitrogen and oxygen atoms in total. The third-order valence-electron chi connectivity index (χ3n) is 23.4. The molecule has 672 valence electrons. The van der Waals surface area contributed by atoms with Gasteiger partial charge in [-0.3, -0.25) is 0 Å². The van der Waals surface area contributed by atoms with Crippen LogP contribution in [0, 0.1) is 89.8 Å². The number of aryl methyl sites for hydroxylation is 5. The monoisotopic (exact) mass is 2280 g/mol. The van der Waals surface area contributed by atoms with Crippen LogP contribution in [0.3, 0.4) is 0 Å². The van der Waals surface area contributed by atoms with Crippen molar-refractivity contribution in [2.75, 3.05) is 0 Å². The van der Waals surface area contributed by atoms with Crippen molar-refractivity contribution in [1.82, 2.24) is 38.6 Å². The number of rotatable bonds is 16. The van der Waals surface area contributed by atoms with E-state index in [9.17, 15) is 0 Å². The standard InChI is InChI=1S/2C22H21N2.C21H19N2.C21H20N.2C18H14N.3Ir/c1-15(2)14-24-21-7-5-4-6-18(21)19-10-9-17(12-22(19)24)20-11-8-16(3)13-23-20;1-15(2)14-24-21-7-5-4-6-18(21)19-12-17(9-11-22(19)24)20-10-8-16(3)13-23-20;1-15(2)14-23-20-12-4-3-8-16(20)17-9-7-10-18(21(17)23)19-11-5-6-13-22-19;1-4-17-14-21(19-13-9-8-10-16(19)2)22(3)15-20(17)18-11-6-5-7-12-18;2*1-14-12-18(16-10-6-3-7-11-16)19-13-17(14)15-8-4-2-5-9-15;;;/h2*4-8,10-13,15H,14H2,1-3H3;3-9,11-13,15H,14H2,1-2H3;5-15H,2-4H2,1H3;2*2-10,12-13H,1H3;;;/q6*-1;;;+3. The van der Waals surface area contributed by atoms with E-state index in [0.717, 1.165) is 99.2 Å². The number of hydrogen-bond acceptors (Lipinski definition) is 5. The molecule has 0 spiro atoms. The Labute approximate surface area is 831 Å². The Hall–Kier alpha value is -13.4. The fraction of sp³-hybridized carbons (Fsp3) is 0.148. The molecule has 0 fully saturated rings. The number of fused-ring (bicyclic) bond motifs is 9. The Kier molecular flexibility index (Phi) is 33.9. The largest absolute Gasteiger partial charge is 3.00 e. The van der Waals surface area contributed by atoms with Crippen LogP contribution in [0.2, 0.25) is 0 Å². The minimum atomic E-state index is 0. The van der Waals surface area contributed by atoms with Gasteiger partial charge >= 0.3 is 20.1 Å². The van der Waals surface area contributed by atoms with Gasteiger partial charge in [0.1, 0.15) is 0 Å². The van der Waals surface area contributed by atoms with Crippen molar-refractivity contribution in [3.63, 3.8) is 0 Å². The average Bonchev–Trinajstić information content (AvgIpc) is 1.59. The van der Waals surface area contributed by atoms with E-state index < -0.39 is 0 Å². The molecule has 21 rings (SSSR count). The van der Waals surface area contributed by atoms with Crippen LogP contribution in [-0.4, -0.2) is 38.6 Å². The van der Waals surface area contributed by atoms with E-state index in [1.807, 2.05) is 163 Å². The van der Waals surface area contributed by atoms with Gasteiger partial charge < -0.3 is 43.2 Å². The summed E-state index contributed by atoms with van der Waals surface area (Å²) in [6.07, 6.45) is 12.7. The Morgan fingerprint density at radius 2 is 0.784 bits per heavy atom. The van der Waals surface area contributed by atoms with Gasteiger partial charge in [-0.25, -0.2) is 0 Å². The van der Waals surface area contributed by atoms with Crippen LogP contribution in [0.1, 0.15) is 81.8 Å². The molecule has 0 aliphatic carbocycles. The molecule has 2 radical (unpaired) electrons. The van der Waals surface area contributed by atoms with Gasteiger partial charge in [-0.2, -0.15) is 18.6 Å². The van der Waals surface area contributed by atoms with Crippen molar-refractivity contribution >= 4 is 65.4 Å². The fourth-order valence-corrected chi connectivity index (χ4v) is 17.1. The molecule has 12 aromatic carbocycles. The molecule has 0 saturated carbocycles. The first-order valence-electron chi connectivity index (χ1n) is 45.3. The second kappa shape index (κ2) is 46.3. The van der Waals surface area contributed by atoms with E-state index in [4.69, 9.17) is 0 Å². The Morgan fingerprint density at radius 1 is 0.336 bits per heavy atom. The van der Waals surface area contributed by atoms with E-state index >= 15 is 0 Å². The topological polar surface area (TPSA) is 83.1 Å². The molecule has 9 aromatic heterocycles. The average molecular weight is 2280 g/mol. The summed E-state index contributed by atoms with van der Waals surface area (Å²) in [5.41, 5.74) is 34.4. The van der Waals surface area contributed by atoms with Crippen LogP contribution < -0.4 is 4.57 Å². The van der Waals surface area contributed by atoms with Crippen molar-refractivity contribution in [3.8, 4) is 101 Å². The first-order chi connectivity index (χ1) is 63.9. The number of para-hydroxylation sites is 3. The maximum Gasteiger partial charge on any atom is 3.00 e. The van der Waals surface area contributed by atoms with Crippen LogP contribution in [0.15, 0.2) is 371 Å². The second-order valence-electron chi connectivity index (χ2n) is 34.6. The number of pyridine rings is 6. The number of aromatic nitrogens is 9. The molecule has 0 unspecified atom stereocenters. The van der Waals surface area contributed by atoms with Gasteiger partial charge in [0.05, 0.1) is 11.9 Å². The number of benzene rings is 12. The summed E-state index contributed by atoms with van der Waals surface area (Å²) in [5.74, 6) is 1.77. The number of hydrogen-bond donors (Lipinski definition) is 0. The molecule has 0 aliphatic rings. The summed E-state index contributed by atoms with van der Waals surface area (Å²) in [7, 11) is 4.19. The van der Waals surface area contributed by atoms with E-state index in [1.165, 1.54) is 127 Å². The van der Waals surface area contributed by atoms with Crippen LogP contribution in [0.25, 0.3) is 166 Å². The molecular formula is C122H109Ir3N9-3. The summed E-state index contributed by atoms with van der Waals surface area (Å²) in [5, 5.41) is 7.72. The van der Waals surface area contributed by atoms with Crippen molar-refractivity contribution < 1.29 is 64.9 Å². The molecule has 0 saturated heterocycles. The molecular weight excluding hydrogens is 2170 g/mol. The minimum Gasteiger partial charge on any atom is -0.380 e. The van der Waals surface area contributed by atoms with Crippen molar-refractivity contribution in [2.45, 2.75) is 102 Å². The van der Waals surface area contributed by atoms with Gasteiger partial charge in [0.25, 0.3) is 0 Å². The summed E-state index contributed by atoms with van der Waals surface area (Å²) >= 11 is 0. The van der Waals surface area contributed by atoms with Crippen molar-refractivity contribution in [3.05, 3.63) is 449 Å². The van der Waals surface area contributed by atoms with Gasteiger partial charge in [-0.1, -0.05) is 276 Å². The number of nitrogens with zero attached hydrogens (tertiary/aromatic N) is 9. The fourth-order valence-electron chi connectivity index (χ4n) is 17.1. The quantitative estimate of drug-likeness (QED) is 0.0711. The van der Waals surface area contributed by atoms with Crippen molar-refractivity contribution in [1.29, 1.82) is 0 Å². The molecule has 0 bridgehead atoms. The summed E-state index contributed by atoms with van der Waals surface area (Å²) < 4.78 is 9.22. The van der Waals surface area contributed by atoms with Crippen LogP contribution in [0.5, 0.6) is 0 Å². The Morgan fingerprint density at radius 3 is 1.27 bits per heavy atom. The Bertz CT molecular complexity index is 7290. The Balaban J connectivity index is 0.000000136. The maximum absolute atomic E-state index is 4.56. The van der Waals surface area contributed by atoms with E-state index in [2.05, 4.69) is 372 Å². The van der Waals surface area contributed by atoms with Gasteiger partial charge in [0, 0.05) is 126 Å². The van der Waals surface area contributed by atoms with Crippen LogP contribution >= 0.6 is 0 Å². The third-order valence-corrected chi connectivity index (χ3v) is 23.4. The molecule has 0 N–H and O–H groups in total. The molecule has 0 atom stereocenters. The maximum atomic E-state index is 4.56. The first kappa shape index (κ1) is 98.1. The summed E-state index contributed by atoms with van der Waals surface area (Å²) in [6, 6.07) is 132. The van der Waals surface area contributed by atoms with E-state index in [1.54, 1.807) is 0 Å². The molecule has 0 aliphatic heterocycles. The van der Waals surface area contributed by atoms with Crippen molar-refractivity contribution in [2.24, 2.45) is 17.8 Å². The SMILES string of the molecule is CC(C)Cn1c2ccccc2c2cc[c-]c(-c3ccccn3)c21.Cc1cc(-c2[c-]cccc2)ncc1-c1ccccc1.Cc1cc(-c2[c-]cccc2)ncc1-c1ccccc1.Cc1ccc(-c2[c-]cc3c(c2)c2ccccc2n3CC(C)C)nc1.Cc1ccc(-c2[c-]cc3c4ccccc4n(CC(C)C)c3c2)nc1.[CH2-]c1ccccc1-c1cc(CC)c(-c2ccccc2)c[n+]1[CH2-].[Ir+3].[Ir].[Ir]. The molecule has 12 heteroatoms. The molecule has 9 heterocycles. The summed E-state index contributed by atoms with van der Waals surface area (Å²) in [4.78, 5) is 22.8. The van der Waals surface area contributed by atoms with E-state index in [-0.39, 0.29) is 60.3 Å². The third kappa shape index (κ3) is 23.1. The second-order valence-corrected chi connectivity index (χ2v) is 34.6. The molecule has 0 amide bonds. The molecule has 134 heavy (non-hydrogen) atoms. The van der Waals surface area contributed by atoms with Crippen LogP contribution in [0.4, 0.5) is 0 Å². The zero-order valence-corrected chi connectivity index (χ0v) is 84.9. The van der Waals surface area contributed by atoms with E-state index in [0.29, 0.717) is 17.8 Å². The van der Waals surface area contributed by atoms with Gasteiger partial charge in [0.2, 0.25) is 0 Å². The zero-order valence-electron chi connectivity index (χ0n) is 77.7. The predicted octanol–water partition coefficient (Wildman–Crippen LogP) is 30.3. The normalized spacial score (nSPS) is 10.9. The predicted molar refractivity (Wildman–Crippen MR) is 548 cm³/mol. The smallest absolute Gasteiger partial charge is 0.380 e.